The summed E-state index contributed by atoms with van der Waals surface area (Å²) >= 11 is 0. The first-order valence-electron chi connectivity index (χ1n) is 4.34. The Morgan fingerprint density at radius 2 is 1.93 bits per heavy atom. The van der Waals surface area contributed by atoms with Crippen LogP contribution in [0.25, 0.3) is 10.8 Å². The van der Waals surface area contributed by atoms with Gasteiger partial charge in [-0.05, 0) is 11.5 Å². The molecule has 0 radical (unpaired) electrons. The highest BCUT2D eigenvalue weighted by Gasteiger charge is 2.16. The lowest BCUT2D eigenvalue weighted by atomic mass is 10.0. The van der Waals surface area contributed by atoms with E-state index in [0.29, 0.717) is 10.8 Å². The molecule has 4 nitrogen and oxygen atoms in total. The van der Waals surface area contributed by atoms with Gasteiger partial charge in [0.2, 0.25) is 0 Å². The molecular weight excluding hydrogens is 194 g/mol. The molecule has 0 amide bonds. The molecular formula is C11H9NO3. The van der Waals surface area contributed by atoms with Crippen LogP contribution in [0.1, 0.15) is 10.4 Å². The maximum absolute atomic E-state index is 11.0. The predicted molar refractivity (Wildman–Crippen MR) is 57.0 cm³/mol. The summed E-state index contributed by atoms with van der Waals surface area (Å²) in [6.45, 7) is 0. The summed E-state index contributed by atoms with van der Waals surface area (Å²) in [5.74, 6) is -1.56. The highest BCUT2D eigenvalue weighted by atomic mass is 16.4. The van der Waals surface area contributed by atoms with Crippen molar-refractivity contribution in [1.29, 1.82) is 0 Å². The zero-order valence-electron chi connectivity index (χ0n) is 7.77. The van der Waals surface area contributed by atoms with E-state index in [0.717, 1.165) is 0 Å². The van der Waals surface area contributed by atoms with Gasteiger partial charge in [-0.15, -0.1) is 0 Å². The Hall–Kier alpha value is -2.23. The van der Waals surface area contributed by atoms with Gasteiger partial charge in [0, 0.05) is 5.39 Å². The van der Waals surface area contributed by atoms with Crippen molar-refractivity contribution in [2.24, 2.45) is 0 Å². The van der Waals surface area contributed by atoms with E-state index in [4.69, 9.17) is 10.8 Å². The van der Waals surface area contributed by atoms with Gasteiger partial charge in [-0.25, -0.2) is 4.79 Å². The summed E-state index contributed by atoms with van der Waals surface area (Å²) in [4.78, 5) is 11.0. The Kier molecular flexibility index (Phi) is 1.97. The number of phenols is 1. The van der Waals surface area contributed by atoms with Crippen molar-refractivity contribution < 1.29 is 15.0 Å². The first-order chi connectivity index (χ1) is 7.11. The molecule has 2 aromatic rings. The lowest BCUT2D eigenvalue weighted by molar-refractivity contribution is 0.0696. The van der Waals surface area contributed by atoms with Gasteiger partial charge in [-0.1, -0.05) is 24.3 Å². The second kappa shape index (κ2) is 3.16. The number of hydrogen-bond acceptors (Lipinski definition) is 3. The van der Waals surface area contributed by atoms with Gasteiger partial charge in [0.05, 0.1) is 5.69 Å². The number of carbonyl (C=O) groups is 1. The fourth-order valence-corrected chi connectivity index (χ4v) is 1.57. The molecule has 0 aliphatic rings. The van der Waals surface area contributed by atoms with Crippen molar-refractivity contribution >= 4 is 22.4 Å². The van der Waals surface area contributed by atoms with E-state index in [1.807, 2.05) is 0 Å². The number of benzene rings is 2. The third kappa shape index (κ3) is 1.36. The minimum Gasteiger partial charge on any atom is -0.505 e. The molecule has 15 heavy (non-hydrogen) atoms. The van der Waals surface area contributed by atoms with Crippen LogP contribution in [-0.4, -0.2) is 16.2 Å². The second-order valence-electron chi connectivity index (χ2n) is 3.22. The van der Waals surface area contributed by atoms with E-state index in [2.05, 4.69) is 0 Å². The van der Waals surface area contributed by atoms with E-state index in [-0.39, 0.29) is 17.0 Å². The van der Waals surface area contributed by atoms with Crippen LogP contribution in [0.5, 0.6) is 5.75 Å². The molecule has 0 atom stereocenters. The molecule has 0 spiro atoms. The number of aromatic hydroxyl groups is 1. The molecule has 0 unspecified atom stereocenters. The van der Waals surface area contributed by atoms with Crippen LogP contribution in [-0.2, 0) is 0 Å². The fraction of sp³-hybridized carbons (Fsp3) is 0. The van der Waals surface area contributed by atoms with Crippen LogP contribution in [0.4, 0.5) is 5.69 Å². The number of hydrogen-bond donors (Lipinski definition) is 3. The van der Waals surface area contributed by atoms with Crippen molar-refractivity contribution in [3.8, 4) is 5.75 Å². The number of fused-ring (bicyclic) bond motifs is 1. The van der Waals surface area contributed by atoms with E-state index in [9.17, 15) is 9.90 Å². The lowest BCUT2D eigenvalue weighted by Crippen LogP contribution is -2.00. The maximum Gasteiger partial charge on any atom is 0.340 e. The summed E-state index contributed by atoms with van der Waals surface area (Å²) < 4.78 is 0. The molecule has 0 aromatic heterocycles. The molecule has 0 saturated heterocycles. The van der Waals surface area contributed by atoms with Gasteiger partial charge < -0.3 is 15.9 Å². The monoisotopic (exact) mass is 203 g/mol. The minimum atomic E-state index is -1.18. The summed E-state index contributed by atoms with van der Waals surface area (Å²) in [7, 11) is 0. The Bertz CT molecular complexity index is 549. The maximum atomic E-state index is 11.0. The van der Waals surface area contributed by atoms with E-state index in [1.165, 1.54) is 0 Å². The average molecular weight is 203 g/mol. The second-order valence-corrected chi connectivity index (χ2v) is 3.22. The zero-order chi connectivity index (χ0) is 11.0. The molecule has 4 N–H and O–H groups in total. The van der Waals surface area contributed by atoms with Gasteiger partial charge in [-0.2, -0.15) is 0 Å². The van der Waals surface area contributed by atoms with E-state index in [1.54, 1.807) is 30.3 Å². The summed E-state index contributed by atoms with van der Waals surface area (Å²) in [6, 6.07) is 8.43. The first-order valence-corrected chi connectivity index (χ1v) is 4.34. The van der Waals surface area contributed by atoms with E-state index >= 15 is 0 Å². The van der Waals surface area contributed by atoms with Crippen LogP contribution >= 0.6 is 0 Å². The van der Waals surface area contributed by atoms with Crippen molar-refractivity contribution in [3.63, 3.8) is 0 Å². The molecule has 2 rings (SSSR count). The number of nitrogens with two attached hydrogens (primary N) is 1. The highest BCUT2D eigenvalue weighted by Crippen LogP contribution is 2.32. The SMILES string of the molecule is Nc1cc2ccccc2c(C(=O)O)c1O. The Balaban J connectivity index is 2.95. The van der Waals surface area contributed by atoms with Crippen molar-refractivity contribution in [3.05, 3.63) is 35.9 Å². The van der Waals surface area contributed by atoms with Crippen molar-refractivity contribution in [2.45, 2.75) is 0 Å². The number of carboxylic acids is 1. The number of carboxylic acid groups (broad SMARTS) is 1. The van der Waals surface area contributed by atoms with Gasteiger partial charge in [-0.3, -0.25) is 0 Å². The van der Waals surface area contributed by atoms with E-state index < -0.39 is 5.97 Å². The topological polar surface area (TPSA) is 83.6 Å². The molecule has 0 saturated carbocycles. The molecule has 2 aromatic carbocycles. The Morgan fingerprint density at radius 3 is 2.60 bits per heavy atom. The fourth-order valence-electron chi connectivity index (χ4n) is 1.57. The quantitative estimate of drug-likeness (QED) is 0.487. The number of rotatable bonds is 1. The number of aromatic carboxylic acids is 1. The molecule has 0 aliphatic heterocycles. The molecule has 0 aliphatic carbocycles. The first kappa shape index (κ1) is 9.33. The van der Waals surface area contributed by atoms with Crippen LogP contribution in [0, 0.1) is 0 Å². The number of nitrogen functional groups attached to an aromatic ring is 1. The molecule has 76 valence electrons. The van der Waals surface area contributed by atoms with Gasteiger partial charge in [0.15, 0.2) is 5.75 Å². The van der Waals surface area contributed by atoms with Gasteiger partial charge in [0.1, 0.15) is 5.56 Å². The van der Waals surface area contributed by atoms with Gasteiger partial charge in [0.25, 0.3) is 0 Å². The molecule has 0 fully saturated rings. The summed E-state index contributed by atoms with van der Waals surface area (Å²) in [5.41, 5.74) is 5.44. The predicted octanol–water partition coefficient (Wildman–Crippen LogP) is 1.83. The van der Waals surface area contributed by atoms with Crippen LogP contribution in [0.15, 0.2) is 30.3 Å². The summed E-state index contributed by atoms with van der Waals surface area (Å²) in [5, 5.41) is 19.7. The van der Waals surface area contributed by atoms with Crippen LogP contribution in [0.2, 0.25) is 0 Å². The standard InChI is InChI=1S/C11H9NO3/c12-8-5-6-3-1-2-4-7(6)9(10(8)13)11(14)15/h1-5,13H,12H2,(H,14,15). The normalized spacial score (nSPS) is 10.4. The Labute approximate surface area is 85.6 Å². The Morgan fingerprint density at radius 1 is 1.27 bits per heavy atom. The van der Waals surface area contributed by atoms with Crippen LogP contribution < -0.4 is 5.73 Å². The average Bonchev–Trinajstić information content (AvgIpc) is 2.19. The summed E-state index contributed by atoms with van der Waals surface area (Å²) in [6.07, 6.45) is 0. The highest BCUT2D eigenvalue weighted by molar-refractivity contribution is 6.08. The largest absolute Gasteiger partial charge is 0.505 e. The molecule has 0 heterocycles. The lowest BCUT2D eigenvalue weighted by Gasteiger charge is -2.07. The van der Waals surface area contributed by atoms with Crippen molar-refractivity contribution in [2.75, 3.05) is 5.73 Å². The van der Waals surface area contributed by atoms with Gasteiger partial charge >= 0.3 is 5.97 Å². The third-order valence-corrected chi connectivity index (χ3v) is 2.27. The number of anilines is 1. The third-order valence-electron chi connectivity index (χ3n) is 2.27. The van der Waals surface area contributed by atoms with Crippen molar-refractivity contribution in [1.82, 2.24) is 0 Å². The zero-order valence-corrected chi connectivity index (χ0v) is 7.77. The smallest absolute Gasteiger partial charge is 0.340 e. The molecule has 0 bridgehead atoms. The van der Waals surface area contributed by atoms with Crippen LogP contribution in [0.3, 0.4) is 0 Å². The molecule has 4 heteroatoms. The minimum absolute atomic E-state index is 0.0751.